The van der Waals surface area contributed by atoms with Crippen molar-refractivity contribution in [2.75, 3.05) is 12.4 Å². The molecule has 1 aromatic heterocycles. The van der Waals surface area contributed by atoms with Gasteiger partial charge in [-0.2, -0.15) is 0 Å². The van der Waals surface area contributed by atoms with E-state index in [0.29, 0.717) is 28.9 Å². The molecule has 1 heterocycles. The highest BCUT2D eigenvalue weighted by Gasteiger charge is 2.07. The van der Waals surface area contributed by atoms with Crippen LogP contribution in [0.25, 0.3) is 0 Å². The molecule has 0 N–H and O–H groups in total. The number of para-hydroxylation sites is 1. The molecule has 0 saturated carbocycles. The Morgan fingerprint density at radius 3 is 2.89 bits per heavy atom. The monoisotopic (exact) mass is 277 g/mol. The van der Waals surface area contributed by atoms with Crippen LogP contribution in [-0.4, -0.2) is 23.1 Å². The van der Waals surface area contributed by atoms with Gasteiger partial charge in [-0.15, -0.1) is 0 Å². The maximum atomic E-state index is 11.4. The maximum Gasteiger partial charge on any atom is 0.255 e. The van der Waals surface area contributed by atoms with E-state index in [4.69, 9.17) is 9.15 Å². The van der Waals surface area contributed by atoms with Crippen molar-refractivity contribution in [3.05, 3.63) is 41.8 Å². The normalized spacial score (nSPS) is 10.4. The fraction of sp³-hybridized carbons (Fsp3) is 0.286. The Hall–Kier alpha value is -1.75. The predicted octanol–water partition coefficient (Wildman–Crippen LogP) is 3.36. The number of carbonyl (C=O) groups is 1. The third-order valence-electron chi connectivity index (χ3n) is 2.43. The second-order valence-corrected chi connectivity index (χ2v) is 5.05. The van der Waals surface area contributed by atoms with E-state index >= 15 is 0 Å². The molecular weight excluding hydrogens is 262 g/mol. The second-order valence-electron chi connectivity index (χ2n) is 4.00. The molecule has 0 atom stereocenters. The van der Waals surface area contributed by atoms with Gasteiger partial charge < -0.3 is 9.15 Å². The third-order valence-corrected chi connectivity index (χ3v) is 3.24. The van der Waals surface area contributed by atoms with Crippen LogP contribution in [0.5, 0.6) is 5.75 Å². The number of aromatic nitrogens is 1. The number of Topliss-reactive ketones (excluding diaryl/α,β-unsaturated/α-hetero) is 1. The first-order chi connectivity index (χ1) is 9.16. The van der Waals surface area contributed by atoms with E-state index in [0.717, 1.165) is 5.69 Å². The highest BCUT2D eigenvalue weighted by molar-refractivity contribution is 7.99. The highest BCUT2D eigenvalue weighted by Crippen LogP contribution is 2.20. The van der Waals surface area contributed by atoms with Crippen LogP contribution in [0.4, 0.5) is 0 Å². The molecule has 0 unspecified atom stereocenters. The largest absolute Gasteiger partial charge is 0.492 e. The summed E-state index contributed by atoms with van der Waals surface area (Å²) < 4.78 is 10.8. The Bertz CT molecular complexity index is 565. The van der Waals surface area contributed by atoms with E-state index < -0.39 is 0 Å². The molecule has 19 heavy (non-hydrogen) atoms. The van der Waals surface area contributed by atoms with E-state index in [-0.39, 0.29) is 5.78 Å². The quantitative estimate of drug-likeness (QED) is 0.460. The molecule has 0 radical (unpaired) electrons. The van der Waals surface area contributed by atoms with Crippen LogP contribution in [0.15, 0.2) is 40.2 Å². The molecule has 0 saturated heterocycles. The number of hydrogen-bond donors (Lipinski definition) is 0. The van der Waals surface area contributed by atoms with E-state index in [9.17, 15) is 4.79 Å². The number of hydrogen-bond acceptors (Lipinski definition) is 5. The minimum absolute atomic E-state index is 0.00609. The first-order valence-corrected chi connectivity index (χ1v) is 6.93. The molecule has 0 fully saturated rings. The number of aryl methyl sites for hydroxylation is 1. The predicted molar refractivity (Wildman–Crippen MR) is 73.9 cm³/mol. The summed E-state index contributed by atoms with van der Waals surface area (Å²) in [6, 6.07) is 7.25. The molecule has 0 spiro atoms. The zero-order valence-corrected chi connectivity index (χ0v) is 11.7. The molecule has 0 aliphatic heterocycles. The van der Waals surface area contributed by atoms with Crippen molar-refractivity contribution in [2.24, 2.45) is 0 Å². The van der Waals surface area contributed by atoms with E-state index in [2.05, 4.69) is 4.98 Å². The Morgan fingerprint density at radius 1 is 1.42 bits per heavy atom. The van der Waals surface area contributed by atoms with Gasteiger partial charge in [0.2, 0.25) is 0 Å². The average molecular weight is 277 g/mol. The summed E-state index contributed by atoms with van der Waals surface area (Å²) in [5.41, 5.74) is 1.48. The summed E-state index contributed by atoms with van der Waals surface area (Å²) in [5.74, 6) is 1.34. The van der Waals surface area contributed by atoms with Gasteiger partial charge in [-0.05, 0) is 26.0 Å². The molecule has 0 amide bonds. The Kier molecular flexibility index (Phi) is 4.63. The standard InChI is InChI=1S/C14H15NO3S/c1-10-9-18-14(15-10)19-8-7-17-13-6-4-3-5-12(13)11(2)16/h3-6,9H,7-8H2,1-2H3. The smallest absolute Gasteiger partial charge is 0.255 e. The van der Waals surface area contributed by atoms with Crippen molar-refractivity contribution in [3.63, 3.8) is 0 Å². The van der Waals surface area contributed by atoms with Crippen molar-refractivity contribution in [1.82, 2.24) is 4.98 Å². The van der Waals surface area contributed by atoms with E-state index in [1.807, 2.05) is 19.1 Å². The van der Waals surface area contributed by atoms with Crippen LogP contribution >= 0.6 is 11.8 Å². The van der Waals surface area contributed by atoms with Crippen LogP contribution in [0.1, 0.15) is 23.0 Å². The number of rotatable bonds is 6. The lowest BCUT2D eigenvalue weighted by atomic mass is 10.1. The summed E-state index contributed by atoms with van der Waals surface area (Å²) in [7, 11) is 0. The molecule has 0 aliphatic rings. The van der Waals surface area contributed by atoms with Crippen molar-refractivity contribution in [2.45, 2.75) is 19.1 Å². The lowest BCUT2D eigenvalue weighted by molar-refractivity contribution is 0.101. The number of thioether (sulfide) groups is 1. The van der Waals surface area contributed by atoms with Gasteiger partial charge in [-0.25, -0.2) is 4.98 Å². The number of carbonyl (C=O) groups excluding carboxylic acids is 1. The SMILES string of the molecule is CC(=O)c1ccccc1OCCSc1nc(C)co1. The molecule has 100 valence electrons. The van der Waals surface area contributed by atoms with Crippen molar-refractivity contribution < 1.29 is 13.9 Å². The summed E-state index contributed by atoms with van der Waals surface area (Å²) >= 11 is 1.49. The van der Waals surface area contributed by atoms with Gasteiger partial charge in [0.25, 0.3) is 5.22 Å². The van der Waals surface area contributed by atoms with Crippen molar-refractivity contribution in [3.8, 4) is 5.75 Å². The van der Waals surface area contributed by atoms with Crippen LogP contribution in [0.2, 0.25) is 0 Å². The van der Waals surface area contributed by atoms with Crippen LogP contribution in [-0.2, 0) is 0 Å². The van der Waals surface area contributed by atoms with Gasteiger partial charge in [0, 0.05) is 5.75 Å². The third kappa shape index (κ3) is 3.86. The number of oxazole rings is 1. The van der Waals surface area contributed by atoms with Crippen LogP contribution < -0.4 is 4.74 Å². The Balaban J connectivity index is 1.84. The Morgan fingerprint density at radius 2 is 2.21 bits per heavy atom. The van der Waals surface area contributed by atoms with Crippen LogP contribution in [0, 0.1) is 6.92 Å². The summed E-state index contributed by atoms with van der Waals surface area (Å²) in [6.45, 7) is 3.91. The molecule has 5 heteroatoms. The first-order valence-electron chi connectivity index (χ1n) is 5.94. The molecule has 0 aliphatic carbocycles. The van der Waals surface area contributed by atoms with Gasteiger partial charge in [-0.1, -0.05) is 23.9 Å². The summed E-state index contributed by atoms with van der Waals surface area (Å²) in [6.07, 6.45) is 1.62. The van der Waals surface area contributed by atoms with Crippen molar-refractivity contribution in [1.29, 1.82) is 0 Å². The van der Waals surface area contributed by atoms with E-state index in [1.165, 1.54) is 18.7 Å². The highest BCUT2D eigenvalue weighted by atomic mass is 32.2. The zero-order valence-electron chi connectivity index (χ0n) is 10.9. The lowest BCUT2D eigenvalue weighted by Crippen LogP contribution is -2.04. The topological polar surface area (TPSA) is 52.3 Å². The number of ether oxygens (including phenoxy) is 1. The molecule has 2 aromatic rings. The molecule has 1 aromatic carbocycles. The fourth-order valence-electron chi connectivity index (χ4n) is 1.56. The minimum Gasteiger partial charge on any atom is -0.492 e. The van der Waals surface area contributed by atoms with Crippen LogP contribution in [0.3, 0.4) is 0 Å². The molecule has 4 nitrogen and oxygen atoms in total. The number of benzene rings is 1. The van der Waals surface area contributed by atoms with E-state index in [1.54, 1.807) is 18.4 Å². The second kappa shape index (κ2) is 6.43. The number of nitrogens with zero attached hydrogens (tertiary/aromatic N) is 1. The van der Waals surface area contributed by atoms with Gasteiger partial charge in [0.1, 0.15) is 12.0 Å². The molecule has 2 rings (SSSR count). The first kappa shape index (κ1) is 13.7. The average Bonchev–Trinajstić information content (AvgIpc) is 2.81. The zero-order chi connectivity index (χ0) is 13.7. The fourth-order valence-corrected chi connectivity index (χ4v) is 2.23. The maximum absolute atomic E-state index is 11.4. The van der Waals surface area contributed by atoms with Gasteiger partial charge in [0.05, 0.1) is 17.9 Å². The van der Waals surface area contributed by atoms with Gasteiger partial charge in [0.15, 0.2) is 5.78 Å². The van der Waals surface area contributed by atoms with Gasteiger partial charge >= 0.3 is 0 Å². The Labute approximate surface area is 116 Å². The molecular formula is C14H15NO3S. The van der Waals surface area contributed by atoms with Gasteiger partial charge in [-0.3, -0.25) is 4.79 Å². The summed E-state index contributed by atoms with van der Waals surface area (Å²) in [5, 5.41) is 0.640. The lowest BCUT2D eigenvalue weighted by Gasteiger charge is -2.08. The number of ketones is 1. The summed E-state index contributed by atoms with van der Waals surface area (Å²) in [4.78, 5) is 15.6. The minimum atomic E-state index is 0.00609. The molecule has 0 bridgehead atoms. The van der Waals surface area contributed by atoms with Crippen molar-refractivity contribution >= 4 is 17.5 Å².